The van der Waals surface area contributed by atoms with Crippen LogP contribution in [0.2, 0.25) is 0 Å². The normalized spacial score (nSPS) is 14.5. The van der Waals surface area contributed by atoms with Gasteiger partial charge in [0.15, 0.2) is 18.1 Å². The first kappa shape index (κ1) is 21.4. The summed E-state index contributed by atoms with van der Waals surface area (Å²) < 4.78 is 20.5. The molecule has 31 heavy (non-hydrogen) atoms. The van der Waals surface area contributed by atoms with Gasteiger partial charge in [-0.1, -0.05) is 12.1 Å². The number of carbonyl (C=O) groups excluding carboxylic acids is 4. The highest BCUT2D eigenvalue weighted by Crippen LogP contribution is 2.33. The van der Waals surface area contributed by atoms with E-state index in [-0.39, 0.29) is 29.5 Å². The number of primary amides is 1. The second-order valence-corrected chi connectivity index (χ2v) is 6.27. The van der Waals surface area contributed by atoms with Crippen molar-refractivity contribution in [3.63, 3.8) is 0 Å². The summed E-state index contributed by atoms with van der Waals surface area (Å²) in [6, 6.07) is 7.05. The predicted molar refractivity (Wildman–Crippen MR) is 105 cm³/mol. The zero-order valence-electron chi connectivity index (χ0n) is 16.7. The molecule has 1 aromatic heterocycles. The number of esters is 1. The molecule has 11 nitrogen and oxygen atoms in total. The van der Waals surface area contributed by atoms with E-state index < -0.39 is 30.4 Å². The standard InChI is InChI=1S/C20H19N3O8/c1-28-14-5-3-4-11(17(14)30-10-16(21)24)8-13-18(25)23(20(27)22-13)9-12-6-7-15(31-12)19(26)29-2/h3-8H,9-10H2,1-2H3,(H2,21,24)(H,22,27). The fourth-order valence-electron chi connectivity index (χ4n) is 2.80. The quantitative estimate of drug-likeness (QED) is 0.359. The Morgan fingerprint density at radius 2 is 1.97 bits per heavy atom. The van der Waals surface area contributed by atoms with E-state index in [4.69, 9.17) is 19.6 Å². The molecule has 2 heterocycles. The third-order valence-corrected chi connectivity index (χ3v) is 4.21. The van der Waals surface area contributed by atoms with Gasteiger partial charge in [-0.05, 0) is 24.3 Å². The van der Waals surface area contributed by atoms with Gasteiger partial charge in [-0.3, -0.25) is 14.5 Å². The molecule has 1 aliphatic rings. The van der Waals surface area contributed by atoms with Crippen molar-refractivity contribution in [2.75, 3.05) is 20.8 Å². The van der Waals surface area contributed by atoms with Gasteiger partial charge in [0.25, 0.3) is 11.8 Å². The minimum absolute atomic E-state index is 0.0260. The van der Waals surface area contributed by atoms with Gasteiger partial charge in [0.05, 0.1) is 20.8 Å². The van der Waals surface area contributed by atoms with Gasteiger partial charge in [-0.25, -0.2) is 9.59 Å². The first-order valence-electron chi connectivity index (χ1n) is 8.93. The molecule has 4 amide bonds. The highest BCUT2D eigenvalue weighted by atomic mass is 16.5. The lowest BCUT2D eigenvalue weighted by Gasteiger charge is -2.12. The topological polar surface area (TPSA) is 150 Å². The van der Waals surface area contributed by atoms with Gasteiger partial charge in [-0.2, -0.15) is 0 Å². The van der Waals surface area contributed by atoms with Crippen LogP contribution in [0, 0.1) is 0 Å². The minimum atomic E-state index is -0.689. The number of rotatable bonds is 8. The van der Waals surface area contributed by atoms with Gasteiger partial charge in [-0.15, -0.1) is 0 Å². The summed E-state index contributed by atoms with van der Waals surface area (Å²) in [4.78, 5) is 48.6. The smallest absolute Gasteiger partial charge is 0.373 e. The number of nitrogens with two attached hydrogens (primary N) is 1. The highest BCUT2D eigenvalue weighted by Gasteiger charge is 2.34. The van der Waals surface area contributed by atoms with Crippen molar-refractivity contribution in [2.24, 2.45) is 5.73 Å². The minimum Gasteiger partial charge on any atom is -0.493 e. The second-order valence-electron chi connectivity index (χ2n) is 6.27. The summed E-state index contributed by atoms with van der Waals surface area (Å²) in [5, 5.41) is 2.47. The molecule has 1 fully saturated rings. The van der Waals surface area contributed by atoms with E-state index in [1.54, 1.807) is 18.2 Å². The fourth-order valence-corrected chi connectivity index (χ4v) is 2.80. The van der Waals surface area contributed by atoms with Crippen molar-refractivity contribution in [1.82, 2.24) is 10.2 Å². The summed E-state index contributed by atoms with van der Waals surface area (Å²) >= 11 is 0. The Labute approximate surface area is 176 Å². The molecule has 2 aromatic rings. The predicted octanol–water partition coefficient (Wildman–Crippen LogP) is 1.03. The molecular weight excluding hydrogens is 410 g/mol. The van der Waals surface area contributed by atoms with Crippen LogP contribution in [0.15, 0.2) is 40.4 Å². The maximum absolute atomic E-state index is 12.7. The molecule has 0 unspecified atom stereocenters. The number of hydrogen-bond acceptors (Lipinski definition) is 8. The summed E-state index contributed by atoms with van der Waals surface area (Å²) in [5.74, 6) is -1.31. The van der Waals surface area contributed by atoms with Crippen LogP contribution in [-0.2, 0) is 20.9 Å². The maximum atomic E-state index is 12.7. The van der Waals surface area contributed by atoms with Crippen LogP contribution in [-0.4, -0.2) is 49.5 Å². The summed E-state index contributed by atoms with van der Waals surface area (Å²) in [6.07, 6.45) is 1.39. The molecule has 1 aromatic carbocycles. The summed E-state index contributed by atoms with van der Waals surface area (Å²) in [6.45, 7) is -0.591. The Kier molecular flexibility index (Phi) is 6.24. The van der Waals surface area contributed by atoms with Crippen molar-refractivity contribution >= 4 is 29.9 Å². The number of urea groups is 1. The van der Waals surface area contributed by atoms with Gasteiger partial charge < -0.3 is 29.7 Å². The third-order valence-electron chi connectivity index (χ3n) is 4.21. The third kappa shape index (κ3) is 4.66. The zero-order valence-corrected chi connectivity index (χ0v) is 16.7. The van der Waals surface area contributed by atoms with Crippen LogP contribution in [0.1, 0.15) is 21.9 Å². The molecule has 0 spiro atoms. The number of imide groups is 1. The van der Waals surface area contributed by atoms with Gasteiger partial charge >= 0.3 is 12.0 Å². The highest BCUT2D eigenvalue weighted by molar-refractivity contribution is 6.14. The molecule has 0 bridgehead atoms. The molecule has 3 N–H and O–H groups in total. The number of benzene rings is 1. The molecule has 1 saturated heterocycles. The number of methoxy groups -OCH3 is 2. The second kappa shape index (κ2) is 9.03. The molecule has 162 valence electrons. The Hall–Kier alpha value is -4.28. The van der Waals surface area contributed by atoms with Gasteiger partial charge in [0, 0.05) is 5.56 Å². The molecule has 11 heteroatoms. The lowest BCUT2D eigenvalue weighted by Crippen LogP contribution is -2.30. The molecule has 3 rings (SSSR count). The molecular formula is C20H19N3O8. The summed E-state index contributed by atoms with van der Waals surface area (Å²) in [7, 11) is 2.62. The number of nitrogens with one attached hydrogen (secondary N) is 1. The molecule has 0 saturated carbocycles. The van der Waals surface area contributed by atoms with Crippen molar-refractivity contribution < 1.29 is 37.8 Å². The first-order valence-corrected chi connectivity index (χ1v) is 8.93. The average Bonchev–Trinajstić information content (AvgIpc) is 3.32. The van der Waals surface area contributed by atoms with Crippen molar-refractivity contribution in [3.05, 3.63) is 53.1 Å². The van der Waals surface area contributed by atoms with E-state index in [0.717, 1.165) is 4.90 Å². The SMILES string of the molecule is COC(=O)c1ccc(CN2C(=O)NC(=Cc3cccc(OC)c3OCC(N)=O)C2=O)o1. The van der Waals surface area contributed by atoms with Gasteiger partial charge in [0.2, 0.25) is 5.76 Å². The van der Waals surface area contributed by atoms with Crippen LogP contribution < -0.4 is 20.5 Å². The van der Waals surface area contributed by atoms with E-state index in [1.807, 2.05) is 0 Å². The average molecular weight is 429 g/mol. The number of para-hydroxylation sites is 1. The monoisotopic (exact) mass is 429 g/mol. The van der Waals surface area contributed by atoms with E-state index in [9.17, 15) is 19.2 Å². The van der Waals surface area contributed by atoms with E-state index in [1.165, 1.54) is 32.4 Å². The van der Waals surface area contributed by atoms with Crippen molar-refractivity contribution in [1.29, 1.82) is 0 Å². The number of furan rings is 1. The lowest BCUT2D eigenvalue weighted by molar-refractivity contribution is -0.123. The van der Waals surface area contributed by atoms with E-state index >= 15 is 0 Å². The van der Waals surface area contributed by atoms with Crippen molar-refractivity contribution in [3.8, 4) is 11.5 Å². The molecule has 0 aliphatic carbocycles. The fraction of sp³-hybridized carbons (Fsp3) is 0.200. The van der Waals surface area contributed by atoms with Crippen LogP contribution in [0.3, 0.4) is 0 Å². The number of hydrogen-bond donors (Lipinski definition) is 2. The first-order chi connectivity index (χ1) is 14.8. The Morgan fingerprint density at radius 1 is 1.19 bits per heavy atom. The van der Waals surface area contributed by atoms with Crippen LogP contribution >= 0.6 is 0 Å². The van der Waals surface area contributed by atoms with Crippen LogP contribution in [0.5, 0.6) is 11.5 Å². The van der Waals surface area contributed by atoms with E-state index in [0.29, 0.717) is 11.3 Å². The molecule has 0 radical (unpaired) electrons. The number of carbonyl (C=O) groups is 4. The van der Waals surface area contributed by atoms with Crippen LogP contribution in [0.25, 0.3) is 6.08 Å². The lowest BCUT2D eigenvalue weighted by atomic mass is 10.1. The largest absolute Gasteiger partial charge is 0.493 e. The molecule has 0 atom stereocenters. The Bertz CT molecular complexity index is 1070. The maximum Gasteiger partial charge on any atom is 0.373 e. The zero-order chi connectivity index (χ0) is 22.5. The van der Waals surface area contributed by atoms with Crippen molar-refractivity contribution in [2.45, 2.75) is 6.54 Å². The van der Waals surface area contributed by atoms with Gasteiger partial charge in [0.1, 0.15) is 11.5 Å². The molecule has 1 aliphatic heterocycles. The van der Waals surface area contributed by atoms with E-state index in [2.05, 4.69) is 10.1 Å². The number of amides is 4. The number of nitrogens with zero attached hydrogens (tertiary/aromatic N) is 1. The Morgan fingerprint density at radius 3 is 2.65 bits per heavy atom. The number of ether oxygens (including phenoxy) is 3. The summed E-state index contributed by atoms with van der Waals surface area (Å²) in [5.41, 5.74) is 5.49. The Balaban J connectivity index is 1.84. The van der Waals surface area contributed by atoms with Crippen LogP contribution in [0.4, 0.5) is 4.79 Å².